The van der Waals surface area contributed by atoms with Gasteiger partial charge in [-0.15, -0.1) is 11.3 Å². The largest absolute Gasteiger partial charge is 0.507 e. The SMILES string of the molecule is CC(C)N=c1scc(-c2ccco2)n1N=Cc1cc(Br)ccc1O. The Bertz CT molecular complexity index is 924. The molecule has 0 aliphatic rings. The van der Waals surface area contributed by atoms with Crippen molar-refractivity contribution in [3.63, 3.8) is 0 Å². The molecule has 0 aliphatic heterocycles. The van der Waals surface area contributed by atoms with Gasteiger partial charge in [-0.2, -0.15) is 5.10 Å². The number of rotatable bonds is 4. The van der Waals surface area contributed by atoms with Gasteiger partial charge in [0.15, 0.2) is 5.76 Å². The lowest BCUT2D eigenvalue weighted by atomic mass is 10.2. The highest BCUT2D eigenvalue weighted by molar-refractivity contribution is 9.10. The van der Waals surface area contributed by atoms with Crippen molar-refractivity contribution in [1.29, 1.82) is 0 Å². The average Bonchev–Trinajstić information content (AvgIpc) is 3.17. The predicted octanol–water partition coefficient (Wildman–Crippen LogP) is 4.47. The van der Waals surface area contributed by atoms with E-state index in [0.29, 0.717) is 11.3 Å². The summed E-state index contributed by atoms with van der Waals surface area (Å²) in [4.78, 5) is 5.36. The van der Waals surface area contributed by atoms with Gasteiger partial charge in [-0.3, -0.25) is 4.99 Å². The number of furan rings is 1. The van der Waals surface area contributed by atoms with Gasteiger partial charge in [0.2, 0.25) is 4.80 Å². The van der Waals surface area contributed by atoms with Gasteiger partial charge in [0.25, 0.3) is 0 Å². The minimum atomic E-state index is 0.147. The highest BCUT2D eigenvalue weighted by Gasteiger charge is 2.10. The fraction of sp³-hybridized carbons (Fsp3) is 0.176. The van der Waals surface area contributed by atoms with Crippen LogP contribution in [-0.2, 0) is 0 Å². The quantitative estimate of drug-likeness (QED) is 0.650. The first-order chi connectivity index (χ1) is 11.5. The lowest BCUT2D eigenvalue weighted by Gasteiger charge is -2.03. The van der Waals surface area contributed by atoms with Crippen LogP contribution in [-0.4, -0.2) is 22.0 Å². The highest BCUT2D eigenvalue weighted by atomic mass is 79.9. The summed E-state index contributed by atoms with van der Waals surface area (Å²) in [6.07, 6.45) is 3.24. The van der Waals surface area contributed by atoms with Gasteiger partial charge >= 0.3 is 0 Å². The number of aromatic hydroxyl groups is 1. The Hall–Kier alpha value is -2.12. The monoisotopic (exact) mass is 405 g/mol. The maximum absolute atomic E-state index is 9.97. The van der Waals surface area contributed by atoms with Gasteiger partial charge in [-0.05, 0) is 44.2 Å². The van der Waals surface area contributed by atoms with Crippen molar-refractivity contribution in [1.82, 2.24) is 4.68 Å². The molecule has 0 atom stereocenters. The fourth-order valence-electron chi connectivity index (χ4n) is 2.06. The summed E-state index contributed by atoms with van der Waals surface area (Å²) >= 11 is 4.89. The van der Waals surface area contributed by atoms with Crippen LogP contribution in [0, 0.1) is 0 Å². The number of halogens is 1. The minimum Gasteiger partial charge on any atom is -0.507 e. The summed E-state index contributed by atoms with van der Waals surface area (Å²) in [6.45, 7) is 4.03. The molecule has 3 aromatic rings. The van der Waals surface area contributed by atoms with E-state index in [-0.39, 0.29) is 11.8 Å². The van der Waals surface area contributed by atoms with Crippen LogP contribution < -0.4 is 4.80 Å². The highest BCUT2D eigenvalue weighted by Crippen LogP contribution is 2.22. The number of nitrogens with zero attached hydrogens (tertiary/aromatic N) is 3. The first-order valence-corrected chi connectivity index (χ1v) is 9.03. The van der Waals surface area contributed by atoms with Crippen LogP contribution in [0.15, 0.2) is 61.0 Å². The van der Waals surface area contributed by atoms with E-state index in [1.165, 1.54) is 11.3 Å². The second-order valence-electron chi connectivity index (χ2n) is 5.36. The molecule has 2 heterocycles. The van der Waals surface area contributed by atoms with Gasteiger partial charge in [-0.25, -0.2) is 4.68 Å². The fourth-order valence-corrected chi connectivity index (χ4v) is 3.39. The van der Waals surface area contributed by atoms with E-state index in [1.807, 2.05) is 31.4 Å². The van der Waals surface area contributed by atoms with Crippen molar-refractivity contribution in [3.05, 3.63) is 56.8 Å². The Kier molecular flexibility index (Phi) is 5.01. The molecule has 0 radical (unpaired) electrons. The third kappa shape index (κ3) is 3.68. The molecule has 0 saturated heterocycles. The van der Waals surface area contributed by atoms with Crippen molar-refractivity contribution < 1.29 is 9.52 Å². The third-order valence-electron chi connectivity index (χ3n) is 3.13. The summed E-state index contributed by atoms with van der Waals surface area (Å²) in [5, 5.41) is 16.4. The normalized spacial score (nSPS) is 12.6. The van der Waals surface area contributed by atoms with E-state index in [0.717, 1.165) is 15.0 Å². The summed E-state index contributed by atoms with van der Waals surface area (Å²) in [5.41, 5.74) is 1.43. The van der Waals surface area contributed by atoms with Crippen molar-refractivity contribution in [2.75, 3.05) is 0 Å². The Morgan fingerprint density at radius 2 is 2.17 bits per heavy atom. The van der Waals surface area contributed by atoms with Gasteiger partial charge in [0.05, 0.1) is 12.5 Å². The van der Waals surface area contributed by atoms with E-state index < -0.39 is 0 Å². The minimum absolute atomic E-state index is 0.147. The van der Waals surface area contributed by atoms with Crippen LogP contribution in [0.5, 0.6) is 5.75 Å². The van der Waals surface area contributed by atoms with Crippen molar-refractivity contribution in [2.24, 2.45) is 10.1 Å². The molecular weight excluding hydrogens is 390 g/mol. The number of thiazole rings is 1. The smallest absolute Gasteiger partial charge is 0.206 e. The number of phenolic OH excluding ortho intramolecular Hbond substituents is 1. The number of hydrogen-bond acceptors (Lipinski definition) is 5. The van der Waals surface area contributed by atoms with Gasteiger partial charge < -0.3 is 9.52 Å². The van der Waals surface area contributed by atoms with E-state index in [4.69, 9.17) is 4.42 Å². The van der Waals surface area contributed by atoms with Crippen molar-refractivity contribution >= 4 is 33.5 Å². The number of aromatic nitrogens is 1. The Morgan fingerprint density at radius 3 is 2.88 bits per heavy atom. The third-order valence-corrected chi connectivity index (χ3v) is 4.45. The zero-order valence-electron chi connectivity index (χ0n) is 13.2. The Balaban J connectivity index is 2.10. The molecule has 7 heteroatoms. The summed E-state index contributed by atoms with van der Waals surface area (Å²) in [6, 6.07) is 9.06. The molecule has 0 saturated carbocycles. The first-order valence-electron chi connectivity index (χ1n) is 7.35. The zero-order chi connectivity index (χ0) is 17.1. The molecule has 0 fully saturated rings. The van der Waals surface area contributed by atoms with Crippen LogP contribution in [0.3, 0.4) is 0 Å². The van der Waals surface area contributed by atoms with Gasteiger partial charge in [0.1, 0.15) is 11.4 Å². The lowest BCUT2D eigenvalue weighted by Crippen LogP contribution is -2.14. The molecule has 1 aromatic carbocycles. The Labute approximate surface area is 151 Å². The molecular formula is C17H16BrN3O2S. The van der Waals surface area contributed by atoms with Crippen LogP contribution >= 0.6 is 27.3 Å². The molecule has 124 valence electrons. The molecule has 24 heavy (non-hydrogen) atoms. The second kappa shape index (κ2) is 7.19. The molecule has 0 amide bonds. The number of phenols is 1. The van der Waals surface area contributed by atoms with Gasteiger partial charge in [-0.1, -0.05) is 15.9 Å². The molecule has 5 nitrogen and oxygen atoms in total. The number of hydrogen-bond donors (Lipinski definition) is 1. The topological polar surface area (TPSA) is 63.0 Å². The lowest BCUT2D eigenvalue weighted by molar-refractivity contribution is 0.474. The molecule has 0 bridgehead atoms. The molecule has 3 rings (SSSR count). The van der Waals surface area contributed by atoms with E-state index in [1.54, 1.807) is 35.4 Å². The van der Waals surface area contributed by atoms with Gasteiger partial charge in [0, 0.05) is 21.5 Å². The van der Waals surface area contributed by atoms with Crippen LogP contribution in [0.4, 0.5) is 0 Å². The number of benzene rings is 1. The van der Waals surface area contributed by atoms with E-state index in [2.05, 4.69) is 26.0 Å². The molecule has 2 aromatic heterocycles. The average molecular weight is 406 g/mol. The van der Waals surface area contributed by atoms with Crippen molar-refractivity contribution in [2.45, 2.75) is 19.9 Å². The van der Waals surface area contributed by atoms with Crippen LogP contribution in [0.1, 0.15) is 19.4 Å². The molecule has 0 unspecified atom stereocenters. The maximum Gasteiger partial charge on any atom is 0.206 e. The molecule has 0 aliphatic carbocycles. The van der Waals surface area contributed by atoms with E-state index in [9.17, 15) is 5.11 Å². The van der Waals surface area contributed by atoms with Crippen LogP contribution in [0.2, 0.25) is 0 Å². The molecule has 1 N–H and O–H groups in total. The summed E-state index contributed by atoms with van der Waals surface area (Å²) in [5.74, 6) is 0.881. The molecule has 0 spiro atoms. The second-order valence-corrected chi connectivity index (χ2v) is 7.12. The summed E-state index contributed by atoms with van der Waals surface area (Å²) < 4.78 is 8.08. The zero-order valence-corrected chi connectivity index (χ0v) is 15.6. The maximum atomic E-state index is 9.97. The van der Waals surface area contributed by atoms with E-state index >= 15 is 0 Å². The van der Waals surface area contributed by atoms with Crippen LogP contribution in [0.25, 0.3) is 11.5 Å². The Morgan fingerprint density at radius 1 is 1.33 bits per heavy atom. The predicted molar refractivity (Wildman–Crippen MR) is 99.5 cm³/mol. The first kappa shape index (κ1) is 16.7. The summed E-state index contributed by atoms with van der Waals surface area (Å²) in [7, 11) is 0. The standard InChI is InChI=1S/C17H16BrN3O2S/c1-11(2)20-17-21(14(10-24-17)16-4-3-7-23-16)19-9-12-8-13(18)5-6-15(12)22/h3-11,22H,1-2H3. The van der Waals surface area contributed by atoms with Crippen molar-refractivity contribution in [3.8, 4) is 17.2 Å².